The van der Waals surface area contributed by atoms with Gasteiger partial charge in [-0.1, -0.05) is 49.4 Å². The van der Waals surface area contributed by atoms with Crippen LogP contribution in [0.15, 0.2) is 54.6 Å². The highest BCUT2D eigenvalue weighted by Gasteiger charge is 2.52. The molecule has 2 nitrogen and oxygen atoms in total. The van der Waals surface area contributed by atoms with Gasteiger partial charge in [0.2, 0.25) is 0 Å². The predicted octanol–water partition coefficient (Wildman–Crippen LogP) is 3.88. The summed E-state index contributed by atoms with van der Waals surface area (Å²) >= 11 is 0. The number of Topliss-reactive ketones (excluding diaryl/α,β-unsaturated/α-hetero) is 1. The minimum Gasteiger partial charge on any atom is -0.299 e. The molecule has 1 saturated heterocycles. The van der Waals surface area contributed by atoms with Crippen LogP contribution in [-0.4, -0.2) is 23.8 Å². The number of hydrogen-bond donors (Lipinski definition) is 0. The van der Waals surface area contributed by atoms with Crippen LogP contribution in [0.4, 0.5) is 4.39 Å². The summed E-state index contributed by atoms with van der Waals surface area (Å²) in [5.41, 5.74) is 2.27. The van der Waals surface area contributed by atoms with Crippen molar-refractivity contribution in [2.24, 2.45) is 17.8 Å². The maximum Gasteiger partial charge on any atom is 0.145 e. The quantitative estimate of drug-likeness (QED) is 0.854. The molecule has 2 aromatic rings. The second-order valence-corrected chi connectivity index (χ2v) is 7.24. The Morgan fingerprint density at radius 1 is 1.04 bits per heavy atom. The summed E-state index contributed by atoms with van der Waals surface area (Å²) in [5.74, 6) is 0.879. The van der Waals surface area contributed by atoms with Gasteiger partial charge >= 0.3 is 0 Å². The molecule has 2 fully saturated rings. The zero-order valence-corrected chi connectivity index (χ0v) is 13.9. The van der Waals surface area contributed by atoms with Crippen LogP contribution in [0, 0.1) is 23.6 Å². The van der Waals surface area contributed by atoms with Crippen LogP contribution < -0.4 is 0 Å². The maximum absolute atomic E-state index is 13.2. The summed E-state index contributed by atoms with van der Waals surface area (Å²) < 4.78 is 13.2. The van der Waals surface area contributed by atoms with E-state index in [1.807, 2.05) is 6.07 Å². The third-order valence-electron chi connectivity index (χ3n) is 5.79. The highest BCUT2D eigenvalue weighted by molar-refractivity contribution is 5.91. The van der Waals surface area contributed by atoms with E-state index in [1.54, 1.807) is 12.1 Å². The van der Waals surface area contributed by atoms with E-state index in [0.29, 0.717) is 17.6 Å². The van der Waals surface area contributed by atoms with Gasteiger partial charge in [-0.3, -0.25) is 9.69 Å². The minimum absolute atomic E-state index is 0.0699. The molecule has 1 aliphatic carbocycles. The van der Waals surface area contributed by atoms with Gasteiger partial charge in [-0.2, -0.15) is 0 Å². The number of hydrogen-bond acceptors (Lipinski definition) is 2. The number of ketones is 1. The zero-order valence-electron chi connectivity index (χ0n) is 13.9. The summed E-state index contributed by atoms with van der Waals surface area (Å²) in [5, 5.41) is 0. The van der Waals surface area contributed by atoms with Gasteiger partial charge in [0.05, 0.1) is 0 Å². The molecule has 24 heavy (non-hydrogen) atoms. The number of benzene rings is 2. The highest BCUT2D eigenvalue weighted by atomic mass is 19.1. The molecule has 0 N–H and O–H groups in total. The molecular formula is C21H22FNO. The first-order chi connectivity index (χ1) is 11.6. The molecule has 4 atom stereocenters. The standard InChI is InChI=1S/C21H22FNO/c1-14-18-12-23(11-15-5-3-2-4-6-15)13-19(18)21(24)20(14)16-7-9-17(22)10-8-16/h2-10,14,18-20H,11-13H2,1H3/t14-,18-,19-,20-/m1/s1. The molecule has 1 heterocycles. The predicted molar refractivity (Wildman–Crippen MR) is 92.0 cm³/mol. The largest absolute Gasteiger partial charge is 0.299 e. The molecule has 0 amide bonds. The summed E-state index contributed by atoms with van der Waals surface area (Å²) in [4.78, 5) is 15.4. The monoisotopic (exact) mass is 323 g/mol. The molecule has 4 rings (SSSR count). The molecule has 1 saturated carbocycles. The smallest absolute Gasteiger partial charge is 0.145 e. The SMILES string of the molecule is C[C@@H]1[C@H]2CN(Cc3ccccc3)C[C@H]2C(=O)[C@H]1c1ccc(F)cc1. The lowest BCUT2D eigenvalue weighted by molar-refractivity contribution is -0.122. The molecule has 3 heteroatoms. The fraction of sp³-hybridized carbons (Fsp3) is 0.381. The normalized spacial score (nSPS) is 29.8. The lowest BCUT2D eigenvalue weighted by Gasteiger charge is -2.22. The van der Waals surface area contributed by atoms with Crippen molar-refractivity contribution in [1.82, 2.24) is 4.90 Å². The topological polar surface area (TPSA) is 20.3 Å². The van der Waals surface area contributed by atoms with Gasteiger partial charge in [0.1, 0.15) is 11.6 Å². The molecule has 0 unspecified atom stereocenters. The molecular weight excluding hydrogens is 301 g/mol. The van der Waals surface area contributed by atoms with Crippen LogP contribution in [0.3, 0.4) is 0 Å². The average molecular weight is 323 g/mol. The van der Waals surface area contributed by atoms with Crippen molar-refractivity contribution in [2.75, 3.05) is 13.1 Å². The molecule has 0 bridgehead atoms. The fourth-order valence-electron chi connectivity index (χ4n) is 4.59. The third kappa shape index (κ3) is 2.67. The minimum atomic E-state index is -0.244. The van der Waals surface area contributed by atoms with Crippen molar-refractivity contribution >= 4 is 5.78 Å². The van der Waals surface area contributed by atoms with Gasteiger partial charge in [0, 0.05) is 31.5 Å². The van der Waals surface area contributed by atoms with Crippen LogP contribution in [0.25, 0.3) is 0 Å². The van der Waals surface area contributed by atoms with E-state index in [9.17, 15) is 9.18 Å². The number of nitrogens with zero attached hydrogens (tertiary/aromatic N) is 1. The first-order valence-electron chi connectivity index (χ1n) is 8.69. The van der Waals surface area contributed by atoms with E-state index in [-0.39, 0.29) is 17.7 Å². The number of carbonyl (C=O) groups excluding carboxylic acids is 1. The van der Waals surface area contributed by atoms with Gasteiger partial charge in [-0.25, -0.2) is 4.39 Å². The van der Waals surface area contributed by atoms with E-state index in [1.165, 1.54) is 17.7 Å². The van der Waals surface area contributed by atoms with E-state index >= 15 is 0 Å². The van der Waals surface area contributed by atoms with Crippen molar-refractivity contribution in [1.29, 1.82) is 0 Å². The number of halogens is 1. The maximum atomic E-state index is 13.2. The van der Waals surface area contributed by atoms with Crippen molar-refractivity contribution in [3.05, 3.63) is 71.5 Å². The van der Waals surface area contributed by atoms with Crippen LogP contribution in [-0.2, 0) is 11.3 Å². The second-order valence-electron chi connectivity index (χ2n) is 7.24. The first kappa shape index (κ1) is 15.5. The molecule has 2 aliphatic rings. The average Bonchev–Trinajstić information content (AvgIpc) is 3.10. The van der Waals surface area contributed by atoms with Crippen molar-refractivity contribution in [3.63, 3.8) is 0 Å². The lowest BCUT2D eigenvalue weighted by Crippen LogP contribution is -2.26. The van der Waals surface area contributed by atoms with Gasteiger partial charge in [0.25, 0.3) is 0 Å². The van der Waals surface area contributed by atoms with Crippen molar-refractivity contribution in [2.45, 2.75) is 19.4 Å². The van der Waals surface area contributed by atoms with Crippen LogP contribution in [0.2, 0.25) is 0 Å². The summed E-state index contributed by atoms with van der Waals surface area (Å²) in [6.07, 6.45) is 0. The number of carbonyl (C=O) groups is 1. The van der Waals surface area contributed by atoms with E-state index in [0.717, 1.165) is 25.2 Å². The number of fused-ring (bicyclic) bond motifs is 1. The van der Waals surface area contributed by atoms with Crippen LogP contribution in [0.5, 0.6) is 0 Å². The van der Waals surface area contributed by atoms with Gasteiger partial charge < -0.3 is 0 Å². The van der Waals surface area contributed by atoms with Gasteiger partial charge in [-0.05, 0) is 35.1 Å². The lowest BCUT2D eigenvalue weighted by atomic mass is 9.86. The Balaban J connectivity index is 1.49. The Morgan fingerprint density at radius 2 is 1.75 bits per heavy atom. The third-order valence-corrected chi connectivity index (χ3v) is 5.79. The number of rotatable bonds is 3. The second kappa shape index (κ2) is 6.14. The Kier molecular flexibility index (Phi) is 3.97. The summed E-state index contributed by atoms with van der Waals surface area (Å²) in [6.45, 7) is 4.92. The summed E-state index contributed by atoms with van der Waals surface area (Å²) in [6, 6.07) is 16.9. The first-order valence-corrected chi connectivity index (χ1v) is 8.69. The van der Waals surface area contributed by atoms with Crippen molar-refractivity contribution in [3.8, 4) is 0 Å². The Morgan fingerprint density at radius 3 is 2.42 bits per heavy atom. The molecule has 124 valence electrons. The molecule has 0 spiro atoms. The Bertz CT molecular complexity index is 727. The fourth-order valence-corrected chi connectivity index (χ4v) is 4.59. The van der Waals surface area contributed by atoms with E-state index in [4.69, 9.17) is 0 Å². The Labute approximate surface area is 142 Å². The van der Waals surface area contributed by atoms with Crippen molar-refractivity contribution < 1.29 is 9.18 Å². The zero-order chi connectivity index (χ0) is 16.7. The Hall–Kier alpha value is -2.00. The van der Waals surface area contributed by atoms with E-state index < -0.39 is 0 Å². The number of likely N-dealkylation sites (tertiary alicyclic amines) is 1. The van der Waals surface area contributed by atoms with Gasteiger partial charge in [0.15, 0.2) is 0 Å². The molecule has 1 aliphatic heterocycles. The summed E-state index contributed by atoms with van der Waals surface area (Å²) in [7, 11) is 0. The van der Waals surface area contributed by atoms with Crippen LogP contribution in [0.1, 0.15) is 24.0 Å². The molecule has 0 radical (unpaired) electrons. The molecule has 0 aromatic heterocycles. The van der Waals surface area contributed by atoms with Crippen LogP contribution >= 0.6 is 0 Å². The highest BCUT2D eigenvalue weighted by Crippen LogP contribution is 2.48. The molecule has 2 aromatic carbocycles. The van der Waals surface area contributed by atoms with Gasteiger partial charge in [-0.15, -0.1) is 0 Å². The van der Waals surface area contributed by atoms with E-state index in [2.05, 4.69) is 36.1 Å².